The van der Waals surface area contributed by atoms with Gasteiger partial charge >= 0.3 is 5.97 Å². The maximum atomic E-state index is 13.9. The number of benzene rings is 2. The molecule has 0 aliphatic rings. The Hall–Kier alpha value is -1.66. The van der Waals surface area contributed by atoms with Gasteiger partial charge in [0.15, 0.2) is 11.6 Å². The van der Waals surface area contributed by atoms with Gasteiger partial charge in [-0.2, -0.15) is 0 Å². The Balaban J connectivity index is 2.37. The van der Waals surface area contributed by atoms with Gasteiger partial charge in [-0.05, 0) is 40.2 Å². The molecule has 2 aromatic rings. The van der Waals surface area contributed by atoms with Gasteiger partial charge < -0.3 is 9.84 Å². The molecule has 0 amide bonds. The van der Waals surface area contributed by atoms with Gasteiger partial charge in [0.2, 0.25) is 0 Å². The number of carboxylic acids is 1. The third-order valence-corrected chi connectivity index (χ3v) is 3.46. The monoisotopic (exact) mass is 362 g/mol. The van der Waals surface area contributed by atoms with Crippen LogP contribution in [0.5, 0.6) is 11.5 Å². The minimum absolute atomic E-state index is 0.130. The van der Waals surface area contributed by atoms with Crippen LogP contribution in [0.1, 0.15) is 10.4 Å². The number of carboxylic acid groups (broad SMARTS) is 1. The molecule has 0 radical (unpaired) electrons. The fraction of sp³-hybridized carbons (Fsp3) is 0. The van der Waals surface area contributed by atoms with E-state index in [1.807, 2.05) is 0 Å². The summed E-state index contributed by atoms with van der Waals surface area (Å²) < 4.78 is 31.9. The lowest BCUT2D eigenvalue weighted by molar-refractivity contribution is 0.0695. The predicted molar refractivity (Wildman–Crippen MR) is 72.5 cm³/mol. The van der Waals surface area contributed by atoms with E-state index in [1.54, 1.807) is 0 Å². The van der Waals surface area contributed by atoms with E-state index in [4.69, 9.17) is 21.4 Å². The summed E-state index contributed by atoms with van der Waals surface area (Å²) in [4.78, 5) is 10.8. The Labute approximate surface area is 125 Å². The fourth-order valence-electron chi connectivity index (χ4n) is 1.44. The van der Waals surface area contributed by atoms with E-state index in [0.29, 0.717) is 0 Å². The Morgan fingerprint density at radius 3 is 2.55 bits per heavy atom. The Kier molecular flexibility index (Phi) is 4.25. The molecule has 0 fully saturated rings. The summed E-state index contributed by atoms with van der Waals surface area (Å²) in [5.41, 5.74) is -0.230. The zero-order valence-corrected chi connectivity index (χ0v) is 12.0. The van der Waals surface area contributed by atoms with Crippen LogP contribution in [0.15, 0.2) is 34.8 Å². The molecule has 0 aliphatic carbocycles. The fourth-order valence-corrected chi connectivity index (χ4v) is 2.11. The van der Waals surface area contributed by atoms with Crippen molar-refractivity contribution in [3.63, 3.8) is 0 Å². The molecule has 0 unspecified atom stereocenters. The molecule has 3 nitrogen and oxygen atoms in total. The summed E-state index contributed by atoms with van der Waals surface area (Å²) in [7, 11) is 0. The Bertz CT molecular complexity index is 692. The Morgan fingerprint density at radius 2 is 1.95 bits per heavy atom. The van der Waals surface area contributed by atoms with E-state index in [0.717, 1.165) is 6.07 Å². The first-order chi connectivity index (χ1) is 9.40. The minimum Gasteiger partial charge on any atom is -0.478 e. The van der Waals surface area contributed by atoms with E-state index in [2.05, 4.69) is 15.9 Å². The molecular weight excluding hydrogens is 357 g/mol. The smallest absolute Gasteiger partial charge is 0.336 e. The number of hydrogen-bond donors (Lipinski definition) is 1. The first-order valence-electron chi connectivity index (χ1n) is 5.24. The van der Waals surface area contributed by atoms with Gasteiger partial charge in [0.25, 0.3) is 0 Å². The third kappa shape index (κ3) is 2.91. The molecule has 0 heterocycles. The van der Waals surface area contributed by atoms with Crippen LogP contribution >= 0.6 is 27.5 Å². The SMILES string of the molecule is O=C(O)c1ccc(Oc2ccc(F)c(Cl)c2)c(F)c1Br. The van der Waals surface area contributed by atoms with Gasteiger partial charge in [-0.3, -0.25) is 0 Å². The lowest BCUT2D eigenvalue weighted by Gasteiger charge is -2.09. The topological polar surface area (TPSA) is 46.5 Å². The lowest BCUT2D eigenvalue weighted by Crippen LogP contribution is -2.00. The second-order valence-electron chi connectivity index (χ2n) is 3.72. The van der Waals surface area contributed by atoms with Gasteiger partial charge in [0.05, 0.1) is 15.1 Å². The molecule has 0 atom stereocenters. The van der Waals surface area contributed by atoms with Crippen LogP contribution < -0.4 is 4.74 Å². The van der Waals surface area contributed by atoms with Crippen molar-refractivity contribution < 1.29 is 23.4 Å². The zero-order valence-electron chi connectivity index (χ0n) is 9.66. The van der Waals surface area contributed by atoms with Gasteiger partial charge in [0, 0.05) is 6.07 Å². The molecule has 2 rings (SSSR count). The highest BCUT2D eigenvalue weighted by atomic mass is 79.9. The summed E-state index contributed by atoms with van der Waals surface area (Å²) in [6, 6.07) is 5.90. The number of aromatic carboxylic acids is 1. The highest BCUT2D eigenvalue weighted by Crippen LogP contribution is 2.33. The molecule has 0 spiro atoms. The van der Waals surface area contributed by atoms with Crippen molar-refractivity contribution in [3.8, 4) is 11.5 Å². The van der Waals surface area contributed by atoms with Crippen molar-refractivity contribution in [3.05, 3.63) is 57.0 Å². The molecule has 0 saturated carbocycles. The van der Waals surface area contributed by atoms with Crippen LogP contribution in [0.3, 0.4) is 0 Å². The summed E-state index contributed by atoms with van der Waals surface area (Å²) in [5, 5.41) is 8.68. The summed E-state index contributed by atoms with van der Waals surface area (Å²) >= 11 is 8.43. The number of hydrogen-bond acceptors (Lipinski definition) is 2. The van der Waals surface area contributed by atoms with E-state index in [9.17, 15) is 13.6 Å². The van der Waals surface area contributed by atoms with E-state index >= 15 is 0 Å². The predicted octanol–water partition coefficient (Wildman–Crippen LogP) is 4.87. The van der Waals surface area contributed by atoms with Crippen LogP contribution in [0.25, 0.3) is 0 Å². The van der Waals surface area contributed by atoms with Gasteiger partial charge in [-0.1, -0.05) is 11.6 Å². The second-order valence-corrected chi connectivity index (χ2v) is 4.92. The summed E-state index contributed by atoms with van der Waals surface area (Å²) in [6.07, 6.45) is 0. The molecule has 0 bridgehead atoms. The maximum Gasteiger partial charge on any atom is 0.336 e. The summed E-state index contributed by atoms with van der Waals surface area (Å²) in [6.45, 7) is 0. The Morgan fingerprint density at radius 1 is 1.25 bits per heavy atom. The molecule has 1 N–H and O–H groups in total. The summed E-state index contributed by atoms with van der Waals surface area (Å²) in [5.74, 6) is -2.84. The molecular formula is C13H6BrClF2O3. The van der Waals surface area contributed by atoms with Crippen LogP contribution in [0.2, 0.25) is 5.02 Å². The number of halogens is 4. The molecule has 7 heteroatoms. The average molecular weight is 364 g/mol. The van der Waals surface area contributed by atoms with Crippen molar-refractivity contribution >= 4 is 33.5 Å². The number of ether oxygens (including phenoxy) is 1. The first kappa shape index (κ1) is 14.7. The van der Waals surface area contributed by atoms with Crippen LogP contribution in [0, 0.1) is 11.6 Å². The van der Waals surface area contributed by atoms with Crippen molar-refractivity contribution in [1.29, 1.82) is 0 Å². The number of carbonyl (C=O) groups is 1. The molecule has 20 heavy (non-hydrogen) atoms. The van der Waals surface area contributed by atoms with Crippen molar-refractivity contribution in [2.75, 3.05) is 0 Å². The van der Waals surface area contributed by atoms with Crippen LogP contribution in [-0.2, 0) is 0 Å². The van der Waals surface area contributed by atoms with Crippen molar-refractivity contribution in [1.82, 2.24) is 0 Å². The van der Waals surface area contributed by atoms with Crippen molar-refractivity contribution in [2.45, 2.75) is 0 Å². The average Bonchev–Trinajstić information content (AvgIpc) is 2.39. The normalized spacial score (nSPS) is 10.4. The number of rotatable bonds is 3. The van der Waals surface area contributed by atoms with E-state index in [-0.39, 0.29) is 26.6 Å². The maximum absolute atomic E-state index is 13.9. The molecule has 0 aliphatic heterocycles. The van der Waals surface area contributed by atoms with E-state index < -0.39 is 17.6 Å². The van der Waals surface area contributed by atoms with Crippen LogP contribution in [0.4, 0.5) is 8.78 Å². The quantitative estimate of drug-likeness (QED) is 0.846. The zero-order chi connectivity index (χ0) is 14.9. The standard InChI is InChI=1S/C13H6BrClF2O3/c14-11-7(13(18)19)2-4-10(12(11)17)20-6-1-3-9(16)8(15)5-6/h1-5H,(H,18,19). The second kappa shape index (κ2) is 5.76. The molecule has 0 aromatic heterocycles. The van der Waals surface area contributed by atoms with Crippen molar-refractivity contribution in [2.24, 2.45) is 0 Å². The van der Waals surface area contributed by atoms with Gasteiger partial charge in [-0.15, -0.1) is 0 Å². The lowest BCUT2D eigenvalue weighted by atomic mass is 10.2. The molecule has 104 valence electrons. The van der Waals surface area contributed by atoms with Crippen LogP contribution in [-0.4, -0.2) is 11.1 Å². The van der Waals surface area contributed by atoms with Gasteiger partial charge in [-0.25, -0.2) is 13.6 Å². The highest BCUT2D eigenvalue weighted by molar-refractivity contribution is 9.10. The molecule has 0 saturated heterocycles. The van der Waals surface area contributed by atoms with E-state index in [1.165, 1.54) is 24.3 Å². The third-order valence-electron chi connectivity index (χ3n) is 2.40. The van der Waals surface area contributed by atoms with Gasteiger partial charge in [0.1, 0.15) is 11.6 Å². The highest BCUT2D eigenvalue weighted by Gasteiger charge is 2.17. The first-order valence-corrected chi connectivity index (χ1v) is 6.41. The minimum atomic E-state index is -1.27. The molecule has 2 aromatic carbocycles. The largest absolute Gasteiger partial charge is 0.478 e.